The predicted octanol–water partition coefficient (Wildman–Crippen LogP) is 0.846. The fraction of sp³-hybridized carbons (Fsp3) is 0.818. The summed E-state index contributed by atoms with van der Waals surface area (Å²) in [6.45, 7) is 4.28. The smallest absolute Gasteiger partial charge is 0.350 e. The van der Waals surface area contributed by atoms with E-state index in [-0.39, 0.29) is 6.10 Å². The Kier molecular flexibility index (Phi) is 3.35. The zero-order valence-corrected chi connectivity index (χ0v) is 10.3. The molecule has 0 saturated carbocycles. The van der Waals surface area contributed by atoms with E-state index in [4.69, 9.17) is 14.3 Å². The Morgan fingerprint density at radius 3 is 2.94 bits per heavy atom. The van der Waals surface area contributed by atoms with Crippen LogP contribution < -0.4 is 0 Å². The van der Waals surface area contributed by atoms with Crippen molar-refractivity contribution in [2.75, 3.05) is 13.7 Å². The lowest BCUT2D eigenvalue weighted by atomic mass is 10.1. The number of hydrogen-bond acceptors (Lipinski definition) is 6. The van der Waals surface area contributed by atoms with Crippen molar-refractivity contribution in [2.45, 2.75) is 44.7 Å². The summed E-state index contributed by atoms with van der Waals surface area (Å²) in [7, 11) is 1.33. The molecule has 0 radical (unpaired) electrons. The van der Waals surface area contributed by atoms with E-state index in [0.29, 0.717) is 19.4 Å². The molecule has 2 unspecified atom stereocenters. The molecule has 1 fully saturated rings. The minimum atomic E-state index is -0.606. The van der Waals surface area contributed by atoms with Gasteiger partial charge in [-0.15, -0.1) is 0 Å². The van der Waals surface area contributed by atoms with Gasteiger partial charge in [0, 0.05) is 12.8 Å². The number of oxime groups is 1. The van der Waals surface area contributed by atoms with Gasteiger partial charge in [-0.3, -0.25) is 0 Å². The van der Waals surface area contributed by atoms with Crippen LogP contribution in [0.3, 0.4) is 0 Å². The summed E-state index contributed by atoms with van der Waals surface area (Å²) < 4.78 is 15.7. The number of methoxy groups -OCH3 is 1. The second kappa shape index (κ2) is 4.62. The standard InChI is InChI=1S/C11H17NO5/c1-11(2)15-6-8(16-11)4-7-5-9(17-12-7)10(13)14-3/h8-9H,4-6H2,1-3H3. The average Bonchev–Trinajstić information content (AvgIpc) is 2.85. The van der Waals surface area contributed by atoms with Gasteiger partial charge >= 0.3 is 5.97 Å². The van der Waals surface area contributed by atoms with Gasteiger partial charge in [-0.2, -0.15) is 0 Å². The molecule has 96 valence electrons. The number of rotatable bonds is 3. The minimum absolute atomic E-state index is 0.0243. The zero-order valence-electron chi connectivity index (χ0n) is 10.3. The molecule has 0 bridgehead atoms. The van der Waals surface area contributed by atoms with Gasteiger partial charge in [0.15, 0.2) is 5.79 Å². The van der Waals surface area contributed by atoms with Gasteiger partial charge in [-0.05, 0) is 13.8 Å². The molecule has 0 aromatic carbocycles. The Hall–Kier alpha value is -1.14. The van der Waals surface area contributed by atoms with E-state index in [2.05, 4.69) is 9.89 Å². The van der Waals surface area contributed by atoms with Crippen LogP contribution >= 0.6 is 0 Å². The van der Waals surface area contributed by atoms with E-state index in [1.807, 2.05) is 13.8 Å². The summed E-state index contributed by atoms with van der Waals surface area (Å²) in [5, 5.41) is 3.88. The van der Waals surface area contributed by atoms with Crippen LogP contribution in [0.5, 0.6) is 0 Å². The third kappa shape index (κ3) is 2.95. The molecule has 0 spiro atoms. The summed E-state index contributed by atoms with van der Waals surface area (Å²) >= 11 is 0. The van der Waals surface area contributed by atoms with Crippen LogP contribution in [0, 0.1) is 0 Å². The quantitative estimate of drug-likeness (QED) is 0.687. The Morgan fingerprint density at radius 2 is 2.35 bits per heavy atom. The summed E-state index contributed by atoms with van der Waals surface area (Å²) in [5.74, 6) is -0.931. The second-order valence-electron chi connectivity index (χ2n) is 4.63. The Bertz CT molecular complexity index is 339. The van der Waals surface area contributed by atoms with E-state index in [1.54, 1.807) is 0 Å². The van der Waals surface area contributed by atoms with E-state index < -0.39 is 17.9 Å². The Morgan fingerprint density at radius 1 is 1.59 bits per heavy atom. The first-order valence-corrected chi connectivity index (χ1v) is 5.61. The zero-order chi connectivity index (χ0) is 12.5. The SMILES string of the molecule is COC(=O)C1CC(CC2COC(C)(C)O2)=NO1. The van der Waals surface area contributed by atoms with Crippen molar-refractivity contribution >= 4 is 11.7 Å². The molecule has 2 rings (SSSR count). The molecule has 6 nitrogen and oxygen atoms in total. The van der Waals surface area contributed by atoms with E-state index in [1.165, 1.54) is 7.11 Å². The normalized spacial score (nSPS) is 30.9. The molecule has 0 aromatic heterocycles. The van der Waals surface area contributed by atoms with Gasteiger partial charge in [-0.25, -0.2) is 4.79 Å². The van der Waals surface area contributed by atoms with E-state index in [0.717, 1.165) is 5.71 Å². The Balaban J connectivity index is 1.81. The first kappa shape index (κ1) is 12.3. The van der Waals surface area contributed by atoms with Crippen LogP contribution in [-0.2, 0) is 23.8 Å². The van der Waals surface area contributed by atoms with Crippen molar-refractivity contribution in [3.05, 3.63) is 0 Å². The lowest BCUT2D eigenvalue weighted by Crippen LogP contribution is -2.24. The number of esters is 1. The highest BCUT2D eigenvalue weighted by Gasteiger charge is 2.36. The van der Waals surface area contributed by atoms with Crippen LogP contribution in [0.15, 0.2) is 5.16 Å². The molecular weight excluding hydrogens is 226 g/mol. The third-order valence-corrected chi connectivity index (χ3v) is 2.72. The maximum Gasteiger partial charge on any atom is 0.350 e. The monoisotopic (exact) mass is 243 g/mol. The summed E-state index contributed by atoms with van der Waals surface area (Å²) in [5.41, 5.74) is 0.812. The molecule has 0 amide bonds. The number of nitrogens with zero attached hydrogens (tertiary/aromatic N) is 1. The molecule has 6 heteroatoms. The van der Waals surface area contributed by atoms with Crippen molar-refractivity contribution < 1.29 is 23.8 Å². The van der Waals surface area contributed by atoms with Crippen LogP contribution in [0.1, 0.15) is 26.7 Å². The minimum Gasteiger partial charge on any atom is -0.466 e. The van der Waals surface area contributed by atoms with Gasteiger partial charge in [-0.1, -0.05) is 5.16 Å². The lowest BCUT2D eigenvalue weighted by Gasteiger charge is -2.16. The van der Waals surface area contributed by atoms with E-state index in [9.17, 15) is 4.79 Å². The second-order valence-corrected chi connectivity index (χ2v) is 4.63. The highest BCUT2D eigenvalue weighted by Crippen LogP contribution is 2.26. The van der Waals surface area contributed by atoms with Gasteiger partial charge in [0.25, 0.3) is 0 Å². The van der Waals surface area contributed by atoms with Crippen LogP contribution in [0.2, 0.25) is 0 Å². The predicted molar refractivity (Wildman–Crippen MR) is 58.5 cm³/mol. The number of ether oxygens (including phenoxy) is 3. The molecular formula is C11H17NO5. The molecule has 0 aliphatic carbocycles. The fourth-order valence-corrected chi connectivity index (χ4v) is 1.93. The number of carbonyl (C=O) groups is 1. The first-order chi connectivity index (χ1) is 8.00. The molecule has 2 atom stereocenters. The summed E-state index contributed by atoms with van der Waals surface area (Å²) in [6, 6.07) is 0. The molecule has 2 aliphatic heterocycles. The summed E-state index contributed by atoms with van der Waals surface area (Å²) in [6.07, 6.45) is 0.457. The van der Waals surface area contributed by atoms with Gasteiger partial charge in [0.05, 0.1) is 25.5 Å². The maximum atomic E-state index is 11.2. The largest absolute Gasteiger partial charge is 0.466 e. The van der Waals surface area contributed by atoms with Crippen molar-refractivity contribution in [1.82, 2.24) is 0 Å². The van der Waals surface area contributed by atoms with E-state index >= 15 is 0 Å². The third-order valence-electron chi connectivity index (χ3n) is 2.72. The topological polar surface area (TPSA) is 66.4 Å². The molecule has 17 heavy (non-hydrogen) atoms. The maximum absolute atomic E-state index is 11.2. The molecule has 0 N–H and O–H groups in total. The van der Waals surface area contributed by atoms with Crippen LogP contribution in [0.4, 0.5) is 0 Å². The fourth-order valence-electron chi connectivity index (χ4n) is 1.93. The molecule has 2 heterocycles. The number of carbonyl (C=O) groups excluding carboxylic acids is 1. The number of hydrogen-bond donors (Lipinski definition) is 0. The van der Waals surface area contributed by atoms with Crippen molar-refractivity contribution in [1.29, 1.82) is 0 Å². The van der Waals surface area contributed by atoms with Crippen LogP contribution in [0.25, 0.3) is 0 Å². The van der Waals surface area contributed by atoms with Crippen molar-refractivity contribution in [2.24, 2.45) is 5.16 Å². The first-order valence-electron chi connectivity index (χ1n) is 5.61. The van der Waals surface area contributed by atoms with Gasteiger partial charge in [0.2, 0.25) is 6.10 Å². The molecule has 1 saturated heterocycles. The van der Waals surface area contributed by atoms with Crippen LogP contribution in [-0.4, -0.2) is 43.4 Å². The van der Waals surface area contributed by atoms with Gasteiger partial charge in [0.1, 0.15) is 0 Å². The molecule has 2 aliphatic rings. The summed E-state index contributed by atoms with van der Waals surface area (Å²) in [4.78, 5) is 16.2. The van der Waals surface area contributed by atoms with Crippen molar-refractivity contribution in [3.8, 4) is 0 Å². The highest BCUT2D eigenvalue weighted by atomic mass is 16.7. The van der Waals surface area contributed by atoms with Crippen molar-refractivity contribution in [3.63, 3.8) is 0 Å². The van der Waals surface area contributed by atoms with Gasteiger partial charge < -0.3 is 19.0 Å². The highest BCUT2D eigenvalue weighted by molar-refractivity contribution is 5.91. The Labute approximate surface area is 99.8 Å². The molecule has 0 aromatic rings. The lowest BCUT2D eigenvalue weighted by molar-refractivity contribution is -0.152. The average molecular weight is 243 g/mol.